The minimum Gasteiger partial charge on any atom is -0.355 e. The van der Waals surface area contributed by atoms with Crippen LogP contribution in [0.15, 0.2) is 23.1 Å². The number of nitrogens with one attached hydrogen (secondary N) is 2. The molecule has 0 aliphatic heterocycles. The number of carbonyl (C=O) groups excluding carboxylic acids is 2. The van der Waals surface area contributed by atoms with Crippen LogP contribution in [0.25, 0.3) is 0 Å². The lowest BCUT2D eigenvalue weighted by molar-refractivity contribution is -0.118. The molecule has 17 heavy (non-hydrogen) atoms. The second-order valence-corrected chi connectivity index (χ2v) is 3.92. The van der Waals surface area contributed by atoms with Gasteiger partial charge in [-0.25, -0.2) is 4.39 Å². The molecule has 0 aliphatic carbocycles. The summed E-state index contributed by atoms with van der Waals surface area (Å²) in [5, 5.41) is 5.01. The van der Waals surface area contributed by atoms with Crippen molar-refractivity contribution in [2.24, 2.45) is 0 Å². The van der Waals surface area contributed by atoms with Crippen LogP contribution in [0.5, 0.6) is 0 Å². The largest absolute Gasteiger partial charge is 0.355 e. The number of benzene rings is 1. The molecule has 0 saturated heterocycles. The maximum absolute atomic E-state index is 13.3. The topological polar surface area (TPSA) is 58.2 Å². The third-order valence-electron chi connectivity index (χ3n) is 1.98. The molecule has 4 nitrogen and oxygen atoms in total. The highest BCUT2D eigenvalue weighted by Gasteiger charge is 2.11. The minimum atomic E-state index is -0.597. The van der Waals surface area contributed by atoms with Crippen LogP contribution in [0, 0.1) is 5.82 Å². The lowest BCUT2D eigenvalue weighted by Crippen LogP contribution is -2.34. The number of hydrogen-bond donors (Lipinski definition) is 3. The third kappa shape index (κ3) is 4.44. The Kier molecular flexibility index (Phi) is 4.96. The first kappa shape index (κ1) is 13.5. The fourth-order valence-corrected chi connectivity index (χ4v) is 1.40. The van der Waals surface area contributed by atoms with E-state index in [9.17, 15) is 14.0 Å². The van der Waals surface area contributed by atoms with Crippen LogP contribution < -0.4 is 10.6 Å². The molecule has 0 aliphatic rings. The van der Waals surface area contributed by atoms with Crippen molar-refractivity contribution in [1.82, 2.24) is 10.6 Å². The summed E-state index contributed by atoms with van der Waals surface area (Å²) in [5.41, 5.74) is -0.0553. The number of carbonyl (C=O) groups is 2. The SMILES string of the molecule is CC(=O)NCCNC(=O)c1cc(S)ccc1F. The Morgan fingerprint density at radius 1 is 1.29 bits per heavy atom. The highest BCUT2D eigenvalue weighted by Crippen LogP contribution is 2.13. The molecule has 0 saturated carbocycles. The van der Waals surface area contributed by atoms with E-state index in [1.807, 2.05) is 0 Å². The van der Waals surface area contributed by atoms with Gasteiger partial charge in [0.05, 0.1) is 5.56 Å². The van der Waals surface area contributed by atoms with Gasteiger partial charge in [-0.15, -0.1) is 12.6 Å². The van der Waals surface area contributed by atoms with E-state index in [0.717, 1.165) is 0 Å². The van der Waals surface area contributed by atoms with Crippen molar-refractivity contribution in [3.63, 3.8) is 0 Å². The lowest BCUT2D eigenvalue weighted by Gasteiger charge is -2.07. The lowest BCUT2D eigenvalue weighted by atomic mass is 10.2. The van der Waals surface area contributed by atoms with Crippen LogP contribution >= 0.6 is 12.6 Å². The second kappa shape index (κ2) is 6.24. The number of amides is 2. The van der Waals surface area contributed by atoms with Crippen LogP contribution in [0.1, 0.15) is 17.3 Å². The maximum Gasteiger partial charge on any atom is 0.254 e. The molecule has 0 fully saturated rings. The van der Waals surface area contributed by atoms with Crippen LogP contribution in [0.4, 0.5) is 4.39 Å². The first-order chi connectivity index (χ1) is 8.00. The molecule has 0 spiro atoms. The van der Waals surface area contributed by atoms with Gasteiger partial charge in [0.1, 0.15) is 5.82 Å². The fraction of sp³-hybridized carbons (Fsp3) is 0.273. The van der Waals surface area contributed by atoms with Crippen molar-refractivity contribution < 1.29 is 14.0 Å². The molecule has 92 valence electrons. The minimum absolute atomic E-state index is 0.0553. The molecular weight excluding hydrogens is 243 g/mol. The average Bonchev–Trinajstić information content (AvgIpc) is 2.27. The van der Waals surface area contributed by atoms with E-state index in [-0.39, 0.29) is 18.0 Å². The molecule has 2 amide bonds. The van der Waals surface area contributed by atoms with Crippen molar-refractivity contribution in [3.05, 3.63) is 29.6 Å². The molecule has 0 radical (unpaired) electrons. The quantitative estimate of drug-likeness (QED) is 0.555. The predicted molar refractivity (Wildman–Crippen MR) is 64.7 cm³/mol. The molecule has 2 N–H and O–H groups in total. The zero-order valence-electron chi connectivity index (χ0n) is 9.29. The van der Waals surface area contributed by atoms with E-state index in [1.165, 1.54) is 25.1 Å². The van der Waals surface area contributed by atoms with Gasteiger partial charge < -0.3 is 10.6 Å². The van der Waals surface area contributed by atoms with E-state index < -0.39 is 11.7 Å². The monoisotopic (exact) mass is 256 g/mol. The molecule has 1 aromatic carbocycles. The highest BCUT2D eigenvalue weighted by atomic mass is 32.1. The number of thiol groups is 1. The molecule has 6 heteroatoms. The molecular formula is C11H13FN2O2S. The zero-order chi connectivity index (χ0) is 12.8. The molecule has 0 unspecified atom stereocenters. The molecule has 1 rings (SSSR count). The Morgan fingerprint density at radius 2 is 1.94 bits per heavy atom. The van der Waals surface area contributed by atoms with Crippen LogP contribution in [-0.4, -0.2) is 24.9 Å². The summed E-state index contributed by atoms with van der Waals surface area (Å²) in [6.45, 7) is 1.93. The Morgan fingerprint density at radius 3 is 2.59 bits per heavy atom. The van der Waals surface area contributed by atoms with Crippen LogP contribution in [0.3, 0.4) is 0 Å². The highest BCUT2D eigenvalue weighted by molar-refractivity contribution is 7.80. The Balaban J connectivity index is 2.52. The normalized spacial score (nSPS) is 9.82. The number of hydrogen-bond acceptors (Lipinski definition) is 3. The third-order valence-corrected chi connectivity index (χ3v) is 2.26. The van der Waals surface area contributed by atoms with Crippen LogP contribution in [0.2, 0.25) is 0 Å². The van der Waals surface area contributed by atoms with Crippen molar-refractivity contribution in [2.45, 2.75) is 11.8 Å². The van der Waals surface area contributed by atoms with Crippen molar-refractivity contribution in [1.29, 1.82) is 0 Å². The Bertz CT molecular complexity index is 437. The zero-order valence-corrected chi connectivity index (χ0v) is 10.2. The van der Waals surface area contributed by atoms with Gasteiger partial charge in [0, 0.05) is 24.9 Å². The van der Waals surface area contributed by atoms with Crippen LogP contribution in [-0.2, 0) is 4.79 Å². The summed E-state index contributed by atoms with van der Waals surface area (Å²) in [6, 6.07) is 4.00. The van der Waals surface area contributed by atoms with Gasteiger partial charge in [-0.2, -0.15) is 0 Å². The Labute approximate surface area is 104 Å². The number of rotatable bonds is 4. The van der Waals surface area contributed by atoms with Gasteiger partial charge in [0.2, 0.25) is 5.91 Å². The summed E-state index contributed by atoms with van der Waals surface area (Å²) in [6.07, 6.45) is 0. The standard InChI is InChI=1S/C11H13FN2O2S/c1-7(15)13-4-5-14-11(16)9-6-8(17)2-3-10(9)12/h2-3,6,17H,4-5H2,1H3,(H,13,15)(H,14,16). The van der Waals surface area contributed by atoms with E-state index in [1.54, 1.807) is 0 Å². The van der Waals surface area contributed by atoms with Crippen molar-refractivity contribution in [3.8, 4) is 0 Å². The summed E-state index contributed by atoms with van der Waals surface area (Å²) >= 11 is 4.03. The first-order valence-electron chi connectivity index (χ1n) is 5.02. The predicted octanol–water partition coefficient (Wildman–Crippen LogP) is 0.980. The molecule has 0 bridgehead atoms. The summed E-state index contributed by atoms with van der Waals surface area (Å²) < 4.78 is 13.3. The Hall–Kier alpha value is -1.56. The molecule has 0 atom stereocenters. The summed E-state index contributed by atoms with van der Waals surface area (Å²) in [7, 11) is 0. The molecule has 1 aromatic rings. The maximum atomic E-state index is 13.3. The fourth-order valence-electron chi connectivity index (χ4n) is 1.20. The number of halogens is 1. The van der Waals surface area contributed by atoms with E-state index in [0.29, 0.717) is 11.4 Å². The molecule has 0 aromatic heterocycles. The van der Waals surface area contributed by atoms with Gasteiger partial charge in [0.25, 0.3) is 5.91 Å². The first-order valence-corrected chi connectivity index (χ1v) is 5.46. The summed E-state index contributed by atoms with van der Waals surface area (Å²) in [5.74, 6) is -1.30. The van der Waals surface area contributed by atoms with Gasteiger partial charge >= 0.3 is 0 Å². The van der Waals surface area contributed by atoms with Gasteiger partial charge in [-0.05, 0) is 18.2 Å². The molecule has 0 heterocycles. The van der Waals surface area contributed by atoms with E-state index in [4.69, 9.17) is 0 Å². The van der Waals surface area contributed by atoms with E-state index in [2.05, 4.69) is 23.3 Å². The van der Waals surface area contributed by atoms with Crippen molar-refractivity contribution >= 4 is 24.4 Å². The van der Waals surface area contributed by atoms with E-state index >= 15 is 0 Å². The van der Waals surface area contributed by atoms with Gasteiger partial charge in [-0.1, -0.05) is 0 Å². The summed E-state index contributed by atoms with van der Waals surface area (Å²) in [4.78, 5) is 22.6. The van der Waals surface area contributed by atoms with Gasteiger partial charge in [-0.3, -0.25) is 9.59 Å². The average molecular weight is 256 g/mol. The van der Waals surface area contributed by atoms with Gasteiger partial charge in [0.15, 0.2) is 0 Å². The smallest absolute Gasteiger partial charge is 0.254 e. The second-order valence-electron chi connectivity index (χ2n) is 3.40. The van der Waals surface area contributed by atoms with Crippen molar-refractivity contribution in [2.75, 3.05) is 13.1 Å².